The van der Waals surface area contributed by atoms with Crippen molar-refractivity contribution in [2.75, 3.05) is 17.8 Å². The van der Waals surface area contributed by atoms with E-state index in [9.17, 15) is 16.8 Å². The van der Waals surface area contributed by atoms with Crippen LogP contribution in [0.2, 0.25) is 0 Å². The van der Waals surface area contributed by atoms with Crippen LogP contribution in [0.15, 0.2) is 29.4 Å². The van der Waals surface area contributed by atoms with Crippen molar-refractivity contribution in [3.05, 3.63) is 35.4 Å². The van der Waals surface area contributed by atoms with Gasteiger partial charge >= 0.3 is 0 Å². The Balaban J connectivity index is 2.63. The second kappa shape index (κ2) is 6.87. The molecule has 1 rings (SSSR count). The third-order valence-corrected chi connectivity index (χ3v) is 5.11. The Labute approximate surface area is 123 Å². The van der Waals surface area contributed by atoms with E-state index in [0.717, 1.165) is 6.26 Å². The van der Waals surface area contributed by atoms with Crippen LogP contribution in [0.3, 0.4) is 0 Å². The van der Waals surface area contributed by atoms with E-state index in [1.54, 1.807) is 24.3 Å². The molecular formula is C11H17N3O5S2. The molecule has 0 bridgehead atoms. The van der Waals surface area contributed by atoms with Crippen molar-refractivity contribution in [1.29, 1.82) is 0 Å². The molecule has 0 fully saturated rings. The molecule has 0 amide bonds. The summed E-state index contributed by atoms with van der Waals surface area (Å²) in [5, 5.41) is 11.4. The second-order valence-electron chi connectivity index (χ2n) is 4.45. The molecule has 8 nitrogen and oxygen atoms in total. The van der Waals surface area contributed by atoms with Gasteiger partial charge in [0.15, 0.2) is 5.84 Å². The summed E-state index contributed by atoms with van der Waals surface area (Å²) in [6, 6.07) is 6.39. The van der Waals surface area contributed by atoms with Crippen molar-refractivity contribution in [2.45, 2.75) is 6.54 Å². The number of rotatable bonds is 7. The minimum absolute atomic E-state index is 0.0303. The summed E-state index contributed by atoms with van der Waals surface area (Å²) in [7, 11) is -6.99. The maximum Gasteiger partial charge on any atom is 0.212 e. The van der Waals surface area contributed by atoms with Gasteiger partial charge in [0, 0.05) is 18.4 Å². The van der Waals surface area contributed by atoms with E-state index in [1.807, 2.05) is 0 Å². The molecule has 21 heavy (non-hydrogen) atoms. The third-order valence-electron chi connectivity index (χ3n) is 2.58. The Morgan fingerprint density at radius 3 is 2.24 bits per heavy atom. The van der Waals surface area contributed by atoms with Gasteiger partial charge in [-0.05, 0) is 5.56 Å². The Hall–Kier alpha value is -1.65. The van der Waals surface area contributed by atoms with Gasteiger partial charge < -0.3 is 10.9 Å². The van der Waals surface area contributed by atoms with Crippen LogP contribution in [0.1, 0.15) is 11.1 Å². The summed E-state index contributed by atoms with van der Waals surface area (Å²) in [6.07, 6.45) is 0.981. The van der Waals surface area contributed by atoms with Gasteiger partial charge in [-0.1, -0.05) is 29.4 Å². The maximum atomic E-state index is 11.6. The van der Waals surface area contributed by atoms with Crippen LogP contribution in [0, 0.1) is 0 Å². The molecule has 0 aliphatic rings. The number of nitrogens with one attached hydrogen (secondary N) is 1. The van der Waals surface area contributed by atoms with Gasteiger partial charge in [0.1, 0.15) is 9.84 Å². The fourth-order valence-electron chi connectivity index (χ4n) is 1.38. The average molecular weight is 335 g/mol. The summed E-state index contributed by atoms with van der Waals surface area (Å²) >= 11 is 0. The molecule has 0 saturated heterocycles. The summed E-state index contributed by atoms with van der Waals surface area (Å²) in [4.78, 5) is 0. The number of benzene rings is 1. The van der Waals surface area contributed by atoms with Crippen LogP contribution in [0.5, 0.6) is 0 Å². The molecule has 0 aliphatic carbocycles. The number of nitrogens with two attached hydrogens (primary N) is 1. The summed E-state index contributed by atoms with van der Waals surface area (Å²) in [6.45, 7) is 0.0303. The number of sulfonamides is 1. The molecule has 0 saturated carbocycles. The Bertz CT molecular complexity index is 709. The lowest BCUT2D eigenvalue weighted by atomic mass is 10.1. The lowest BCUT2D eigenvalue weighted by Crippen LogP contribution is -2.29. The minimum Gasteiger partial charge on any atom is -0.409 e. The summed E-state index contributed by atoms with van der Waals surface area (Å²) in [5.74, 6) is -0.950. The SMILES string of the molecule is CS(=O)(=O)CCS(=O)(=O)NCc1ccc(C(N)=NO)cc1. The predicted molar refractivity (Wildman–Crippen MR) is 79.3 cm³/mol. The van der Waals surface area contributed by atoms with Crippen molar-refractivity contribution in [3.8, 4) is 0 Å². The topological polar surface area (TPSA) is 139 Å². The normalized spacial score (nSPS) is 13.3. The molecule has 0 aromatic heterocycles. The van der Waals surface area contributed by atoms with E-state index < -0.39 is 31.4 Å². The van der Waals surface area contributed by atoms with E-state index in [4.69, 9.17) is 10.9 Å². The Morgan fingerprint density at radius 1 is 1.19 bits per heavy atom. The van der Waals surface area contributed by atoms with Gasteiger partial charge in [-0.25, -0.2) is 21.6 Å². The lowest BCUT2D eigenvalue weighted by molar-refractivity contribution is 0.318. The van der Waals surface area contributed by atoms with Crippen molar-refractivity contribution < 1.29 is 22.0 Å². The van der Waals surface area contributed by atoms with Crippen LogP contribution in [0.4, 0.5) is 0 Å². The zero-order valence-corrected chi connectivity index (χ0v) is 13.0. The maximum absolute atomic E-state index is 11.6. The van der Waals surface area contributed by atoms with Gasteiger partial charge in [0.2, 0.25) is 10.0 Å². The monoisotopic (exact) mass is 335 g/mol. The predicted octanol–water partition coefficient (Wildman–Crippen LogP) is -0.755. The highest BCUT2D eigenvalue weighted by Crippen LogP contribution is 2.05. The van der Waals surface area contributed by atoms with E-state index in [-0.39, 0.29) is 12.4 Å². The zero-order valence-electron chi connectivity index (χ0n) is 11.4. The molecule has 118 valence electrons. The van der Waals surface area contributed by atoms with Crippen molar-refractivity contribution >= 4 is 25.7 Å². The summed E-state index contributed by atoms with van der Waals surface area (Å²) in [5.41, 5.74) is 6.56. The van der Waals surface area contributed by atoms with E-state index in [1.165, 1.54) is 0 Å². The fraction of sp³-hybridized carbons (Fsp3) is 0.364. The quantitative estimate of drug-likeness (QED) is 0.259. The first-order chi connectivity index (χ1) is 9.63. The smallest absolute Gasteiger partial charge is 0.212 e. The third kappa shape index (κ3) is 6.56. The zero-order chi connectivity index (χ0) is 16.1. The molecule has 0 radical (unpaired) electrons. The van der Waals surface area contributed by atoms with Crippen LogP contribution in [0.25, 0.3) is 0 Å². The largest absolute Gasteiger partial charge is 0.409 e. The van der Waals surface area contributed by atoms with Crippen LogP contribution < -0.4 is 10.5 Å². The first kappa shape index (κ1) is 17.4. The van der Waals surface area contributed by atoms with E-state index >= 15 is 0 Å². The fourth-order valence-corrected chi connectivity index (χ4v) is 4.00. The van der Waals surface area contributed by atoms with Gasteiger partial charge in [-0.15, -0.1) is 0 Å². The Morgan fingerprint density at radius 2 is 1.76 bits per heavy atom. The number of hydrogen-bond acceptors (Lipinski definition) is 6. The first-order valence-corrected chi connectivity index (χ1v) is 9.56. The van der Waals surface area contributed by atoms with Gasteiger partial charge in [0.05, 0.1) is 11.5 Å². The van der Waals surface area contributed by atoms with Crippen molar-refractivity contribution in [2.24, 2.45) is 10.9 Å². The molecule has 10 heteroatoms. The highest BCUT2D eigenvalue weighted by Gasteiger charge is 2.14. The van der Waals surface area contributed by atoms with Crippen molar-refractivity contribution in [3.63, 3.8) is 0 Å². The molecule has 1 aromatic rings. The molecule has 0 atom stereocenters. The molecule has 0 heterocycles. The molecule has 0 aliphatic heterocycles. The van der Waals surface area contributed by atoms with Crippen LogP contribution in [-0.4, -0.2) is 45.6 Å². The Kier molecular flexibility index (Phi) is 5.70. The van der Waals surface area contributed by atoms with Crippen LogP contribution >= 0.6 is 0 Å². The van der Waals surface area contributed by atoms with E-state index in [2.05, 4.69) is 9.88 Å². The highest BCUT2D eigenvalue weighted by atomic mass is 32.2. The minimum atomic E-state index is -3.66. The molecule has 0 unspecified atom stereocenters. The van der Waals surface area contributed by atoms with Gasteiger partial charge in [0.25, 0.3) is 0 Å². The standard InChI is InChI=1S/C11H17N3O5S2/c1-20(16,17)6-7-21(18,19)13-8-9-2-4-10(5-3-9)11(12)14-15/h2-5,13,15H,6-8H2,1H3,(H2,12,14). The summed E-state index contributed by atoms with van der Waals surface area (Å²) < 4.78 is 47.4. The lowest BCUT2D eigenvalue weighted by Gasteiger charge is -2.07. The molecule has 1 aromatic carbocycles. The molecular weight excluding hydrogens is 318 g/mol. The average Bonchev–Trinajstić information content (AvgIpc) is 2.42. The number of nitrogens with zero attached hydrogens (tertiary/aromatic N) is 1. The van der Waals surface area contributed by atoms with E-state index in [0.29, 0.717) is 11.1 Å². The number of amidine groups is 1. The highest BCUT2D eigenvalue weighted by molar-refractivity contribution is 7.93. The molecule has 4 N–H and O–H groups in total. The van der Waals surface area contributed by atoms with Crippen molar-refractivity contribution in [1.82, 2.24) is 4.72 Å². The van der Waals surface area contributed by atoms with Gasteiger partial charge in [-0.2, -0.15) is 0 Å². The second-order valence-corrected chi connectivity index (χ2v) is 8.64. The van der Waals surface area contributed by atoms with Crippen LogP contribution in [-0.2, 0) is 26.4 Å². The number of sulfone groups is 1. The first-order valence-electron chi connectivity index (χ1n) is 5.85. The van der Waals surface area contributed by atoms with Gasteiger partial charge in [-0.3, -0.25) is 0 Å². The number of oxime groups is 1. The number of hydrogen-bond donors (Lipinski definition) is 3. The molecule has 0 spiro atoms.